The van der Waals surface area contributed by atoms with Gasteiger partial charge in [-0.2, -0.15) is 0 Å². The van der Waals surface area contributed by atoms with Crippen LogP contribution >= 0.6 is 0 Å². The summed E-state index contributed by atoms with van der Waals surface area (Å²) in [4.78, 5) is 5.22. The molecule has 0 aromatic rings. The van der Waals surface area contributed by atoms with Gasteiger partial charge in [-0.15, -0.1) is 0 Å². The molecular formula is C16H31N3O. The van der Waals surface area contributed by atoms with E-state index >= 15 is 0 Å². The molecule has 0 spiro atoms. The summed E-state index contributed by atoms with van der Waals surface area (Å²) in [5, 5.41) is 3.72. The van der Waals surface area contributed by atoms with Crippen LogP contribution in [0.1, 0.15) is 39.0 Å². The van der Waals surface area contributed by atoms with Crippen LogP contribution in [-0.4, -0.2) is 73.9 Å². The van der Waals surface area contributed by atoms with Crippen molar-refractivity contribution >= 4 is 0 Å². The molecule has 2 heterocycles. The van der Waals surface area contributed by atoms with Crippen LogP contribution in [-0.2, 0) is 4.74 Å². The molecule has 4 nitrogen and oxygen atoms in total. The van der Waals surface area contributed by atoms with Crippen LogP contribution < -0.4 is 5.32 Å². The zero-order valence-electron chi connectivity index (χ0n) is 13.0. The van der Waals surface area contributed by atoms with Crippen LogP contribution in [0, 0.1) is 0 Å². The van der Waals surface area contributed by atoms with Gasteiger partial charge in [-0.05, 0) is 38.8 Å². The third-order valence-electron chi connectivity index (χ3n) is 5.08. The van der Waals surface area contributed by atoms with Crippen molar-refractivity contribution in [3.05, 3.63) is 0 Å². The quantitative estimate of drug-likeness (QED) is 0.794. The number of piperidine rings is 1. The number of hydrogen-bond donors (Lipinski definition) is 1. The van der Waals surface area contributed by atoms with E-state index in [2.05, 4.69) is 22.0 Å². The van der Waals surface area contributed by atoms with Crippen molar-refractivity contribution in [3.63, 3.8) is 0 Å². The van der Waals surface area contributed by atoms with Crippen LogP contribution in [0.5, 0.6) is 0 Å². The summed E-state index contributed by atoms with van der Waals surface area (Å²) < 4.78 is 6.00. The molecule has 3 aliphatic rings. The maximum Gasteiger partial charge on any atom is 0.0829 e. The van der Waals surface area contributed by atoms with Gasteiger partial charge >= 0.3 is 0 Å². The molecule has 0 amide bonds. The first kappa shape index (κ1) is 14.8. The topological polar surface area (TPSA) is 27.7 Å². The van der Waals surface area contributed by atoms with Gasteiger partial charge in [0.25, 0.3) is 0 Å². The highest BCUT2D eigenvalue weighted by atomic mass is 16.5. The number of nitrogens with one attached hydrogen (secondary N) is 1. The Labute approximate surface area is 123 Å². The number of hydrogen-bond acceptors (Lipinski definition) is 4. The van der Waals surface area contributed by atoms with Gasteiger partial charge in [0, 0.05) is 38.3 Å². The van der Waals surface area contributed by atoms with E-state index in [0.29, 0.717) is 6.10 Å². The van der Waals surface area contributed by atoms with E-state index in [9.17, 15) is 0 Å². The van der Waals surface area contributed by atoms with E-state index in [1.54, 1.807) is 0 Å². The minimum absolute atomic E-state index is 0.422. The summed E-state index contributed by atoms with van der Waals surface area (Å²) in [7, 11) is 0. The SMILES string of the molecule is CCN1CCOC(CN2CCCCC2CNC2CC2)C1. The van der Waals surface area contributed by atoms with Gasteiger partial charge in [0.15, 0.2) is 0 Å². The molecule has 2 atom stereocenters. The highest BCUT2D eigenvalue weighted by Gasteiger charge is 2.29. The molecule has 0 radical (unpaired) electrons. The Morgan fingerprint density at radius 1 is 1.15 bits per heavy atom. The Kier molecular flexibility index (Phi) is 5.32. The largest absolute Gasteiger partial charge is 0.374 e. The minimum Gasteiger partial charge on any atom is -0.374 e. The minimum atomic E-state index is 0.422. The normalized spacial score (nSPS) is 33.5. The van der Waals surface area contributed by atoms with Gasteiger partial charge in [0.05, 0.1) is 12.7 Å². The van der Waals surface area contributed by atoms with Crippen LogP contribution in [0.4, 0.5) is 0 Å². The number of likely N-dealkylation sites (N-methyl/N-ethyl adjacent to an activating group) is 1. The van der Waals surface area contributed by atoms with Gasteiger partial charge < -0.3 is 10.1 Å². The molecule has 2 unspecified atom stereocenters. The highest BCUT2D eigenvalue weighted by molar-refractivity contribution is 4.87. The summed E-state index contributed by atoms with van der Waals surface area (Å²) in [6.45, 7) is 10.1. The number of rotatable bonds is 6. The van der Waals surface area contributed by atoms with E-state index in [1.165, 1.54) is 45.2 Å². The molecular weight excluding hydrogens is 250 g/mol. The first-order valence-corrected chi connectivity index (χ1v) is 8.66. The Morgan fingerprint density at radius 2 is 2.05 bits per heavy atom. The zero-order valence-corrected chi connectivity index (χ0v) is 13.0. The predicted molar refractivity (Wildman–Crippen MR) is 82.1 cm³/mol. The molecule has 1 aliphatic carbocycles. The summed E-state index contributed by atoms with van der Waals surface area (Å²) in [6.07, 6.45) is 7.34. The number of likely N-dealkylation sites (tertiary alicyclic amines) is 1. The van der Waals surface area contributed by atoms with Gasteiger partial charge in [-0.1, -0.05) is 13.3 Å². The fraction of sp³-hybridized carbons (Fsp3) is 1.00. The summed E-state index contributed by atoms with van der Waals surface area (Å²) in [5.41, 5.74) is 0. The molecule has 0 aromatic carbocycles. The highest BCUT2D eigenvalue weighted by Crippen LogP contribution is 2.22. The zero-order chi connectivity index (χ0) is 13.8. The molecule has 3 fully saturated rings. The van der Waals surface area contributed by atoms with Crippen LogP contribution in [0.25, 0.3) is 0 Å². The molecule has 2 aliphatic heterocycles. The molecule has 3 rings (SSSR count). The first-order chi connectivity index (χ1) is 9.85. The molecule has 0 bridgehead atoms. The van der Waals surface area contributed by atoms with Crippen molar-refractivity contribution in [2.75, 3.05) is 45.9 Å². The van der Waals surface area contributed by atoms with Crippen LogP contribution in [0.15, 0.2) is 0 Å². The van der Waals surface area contributed by atoms with Crippen LogP contribution in [0.3, 0.4) is 0 Å². The number of nitrogens with zero attached hydrogens (tertiary/aromatic N) is 2. The maximum atomic E-state index is 6.00. The Hall–Kier alpha value is -0.160. The molecule has 2 saturated heterocycles. The van der Waals surface area contributed by atoms with Crippen molar-refractivity contribution in [2.45, 2.75) is 57.2 Å². The average molecular weight is 281 g/mol. The van der Waals surface area contributed by atoms with E-state index in [4.69, 9.17) is 4.74 Å². The predicted octanol–water partition coefficient (Wildman–Crippen LogP) is 1.31. The van der Waals surface area contributed by atoms with Crippen molar-refractivity contribution in [1.29, 1.82) is 0 Å². The third kappa shape index (κ3) is 4.17. The van der Waals surface area contributed by atoms with Gasteiger partial charge in [0.1, 0.15) is 0 Å². The Bertz CT molecular complexity index is 295. The number of morpholine rings is 1. The average Bonchev–Trinajstić information content (AvgIpc) is 3.31. The lowest BCUT2D eigenvalue weighted by molar-refractivity contribution is -0.0506. The van der Waals surface area contributed by atoms with E-state index < -0.39 is 0 Å². The summed E-state index contributed by atoms with van der Waals surface area (Å²) >= 11 is 0. The van der Waals surface area contributed by atoms with Gasteiger partial charge in [-0.25, -0.2) is 0 Å². The maximum absolute atomic E-state index is 6.00. The summed E-state index contributed by atoms with van der Waals surface area (Å²) in [6, 6.07) is 1.57. The fourth-order valence-electron chi connectivity index (χ4n) is 3.56. The number of ether oxygens (including phenoxy) is 1. The smallest absolute Gasteiger partial charge is 0.0829 e. The second kappa shape index (κ2) is 7.21. The first-order valence-electron chi connectivity index (χ1n) is 8.66. The van der Waals surface area contributed by atoms with Crippen LogP contribution in [0.2, 0.25) is 0 Å². The fourth-order valence-corrected chi connectivity index (χ4v) is 3.56. The van der Waals surface area contributed by atoms with Gasteiger partial charge in [0.2, 0.25) is 0 Å². The summed E-state index contributed by atoms with van der Waals surface area (Å²) in [5.74, 6) is 0. The molecule has 1 N–H and O–H groups in total. The molecule has 1 saturated carbocycles. The van der Waals surface area contributed by atoms with E-state index in [-0.39, 0.29) is 0 Å². The molecule has 4 heteroatoms. The molecule has 20 heavy (non-hydrogen) atoms. The van der Waals surface area contributed by atoms with Crippen molar-refractivity contribution in [2.24, 2.45) is 0 Å². The lowest BCUT2D eigenvalue weighted by atomic mass is 10.0. The van der Waals surface area contributed by atoms with E-state index in [1.807, 2.05) is 0 Å². The molecule has 0 aromatic heterocycles. The van der Waals surface area contributed by atoms with E-state index in [0.717, 1.165) is 44.9 Å². The second-order valence-corrected chi connectivity index (χ2v) is 6.71. The van der Waals surface area contributed by atoms with Crippen molar-refractivity contribution in [1.82, 2.24) is 15.1 Å². The molecule has 116 valence electrons. The lowest BCUT2D eigenvalue weighted by Crippen LogP contribution is -2.53. The lowest BCUT2D eigenvalue weighted by Gasteiger charge is -2.40. The third-order valence-corrected chi connectivity index (χ3v) is 5.08. The Morgan fingerprint density at radius 3 is 2.85 bits per heavy atom. The second-order valence-electron chi connectivity index (χ2n) is 6.71. The van der Waals surface area contributed by atoms with Crippen molar-refractivity contribution < 1.29 is 4.74 Å². The standard InChI is InChI=1S/C16H31N3O/c1-2-18-9-10-20-16(12-18)13-19-8-4-3-5-15(19)11-17-14-6-7-14/h14-17H,2-13H2,1H3. The van der Waals surface area contributed by atoms with Gasteiger partial charge in [-0.3, -0.25) is 9.80 Å². The van der Waals surface area contributed by atoms with Crippen molar-refractivity contribution in [3.8, 4) is 0 Å². The Balaban J connectivity index is 1.47. The monoisotopic (exact) mass is 281 g/mol.